The summed E-state index contributed by atoms with van der Waals surface area (Å²) in [5.41, 5.74) is 2.93. The summed E-state index contributed by atoms with van der Waals surface area (Å²) in [7, 11) is 0. The molecular formula is C11H7ClN4. The minimum Gasteiger partial charge on any atom is -0.312 e. The van der Waals surface area contributed by atoms with E-state index in [1.165, 1.54) is 0 Å². The molecule has 0 unspecified atom stereocenters. The lowest BCUT2D eigenvalue weighted by Gasteiger charge is -1.98. The van der Waals surface area contributed by atoms with Crippen LogP contribution < -0.4 is 0 Å². The number of halogens is 1. The van der Waals surface area contributed by atoms with Crippen LogP contribution in [-0.2, 0) is 0 Å². The number of aromatic amines is 1. The van der Waals surface area contributed by atoms with Gasteiger partial charge >= 0.3 is 0 Å². The Balaban J connectivity index is 2.18. The summed E-state index contributed by atoms with van der Waals surface area (Å²) in [5, 5.41) is 0.306. The second-order valence-corrected chi connectivity index (χ2v) is 3.68. The molecule has 0 bridgehead atoms. The number of nitrogens with one attached hydrogen (secondary N) is 1. The fourth-order valence-electron chi connectivity index (χ4n) is 1.51. The Hall–Kier alpha value is -1.94. The number of hydrogen-bond acceptors (Lipinski definition) is 3. The Labute approximate surface area is 96.3 Å². The van der Waals surface area contributed by atoms with E-state index in [1.807, 2.05) is 30.3 Å². The molecule has 0 saturated heterocycles. The van der Waals surface area contributed by atoms with Crippen LogP contribution in [0.15, 0.2) is 36.5 Å². The molecule has 0 aliphatic heterocycles. The van der Waals surface area contributed by atoms with Gasteiger partial charge in [-0.3, -0.25) is 0 Å². The van der Waals surface area contributed by atoms with Crippen molar-refractivity contribution in [3.05, 3.63) is 41.8 Å². The molecule has 0 aliphatic rings. The molecule has 0 spiro atoms. The van der Waals surface area contributed by atoms with Crippen molar-refractivity contribution in [2.45, 2.75) is 0 Å². The van der Waals surface area contributed by atoms with E-state index in [0.717, 1.165) is 11.3 Å². The molecule has 78 valence electrons. The molecule has 1 N–H and O–H groups in total. The molecule has 3 aromatic rings. The van der Waals surface area contributed by atoms with Gasteiger partial charge in [-0.1, -0.05) is 30.3 Å². The fourth-order valence-corrected chi connectivity index (χ4v) is 1.68. The topological polar surface area (TPSA) is 54.5 Å². The molecule has 0 aliphatic carbocycles. The summed E-state index contributed by atoms with van der Waals surface area (Å²) in [6.07, 6.45) is 1.70. The molecule has 2 aromatic heterocycles. The summed E-state index contributed by atoms with van der Waals surface area (Å²) in [5.74, 6) is 0. The lowest BCUT2D eigenvalue weighted by molar-refractivity contribution is 1.26. The predicted octanol–water partition coefficient (Wildman–Crippen LogP) is 2.67. The second kappa shape index (κ2) is 3.57. The summed E-state index contributed by atoms with van der Waals surface area (Å²) in [6.45, 7) is 0. The van der Waals surface area contributed by atoms with Crippen LogP contribution in [0, 0.1) is 0 Å². The van der Waals surface area contributed by atoms with E-state index in [-0.39, 0.29) is 0 Å². The highest BCUT2D eigenvalue weighted by Gasteiger charge is 2.05. The molecule has 0 atom stereocenters. The zero-order valence-corrected chi connectivity index (χ0v) is 8.94. The number of fused-ring (bicyclic) bond motifs is 1. The SMILES string of the molecule is Clc1nc2nc(-c3ccccc3)cnc2[nH]1. The maximum atomic E-state index is 5.73. The summed E-state index contributed by atoms with van der Waals surface area (Å²) >= 11 is 5.73. The second-order valence-electron chi connectivity index (χ2n) is 3.32. The molecule has 2 heterocycles. The number of benzene rings is 1. The van der Waals surface area contributed by atoms with Gasteiger partial charge in [0.25, 0.3) is 0 Å². The van der Waals surface area contributed by atoms with Crippen LogP contribution in [0.4, 0.5) is 0 Å². The lowest BCUT2D eigenvalue weighted by atomic mass is 10.2. The first-order valence-corrected chi connectivity index (χ1v) is 5.14. The summed E-state index contributed by atoms with van der Waals surface area (Å²) < 4.78 is 0. The number of rotatable bonds is 1. The van der Waals surface area contributed by atoms with Crippen LogP contribution in [0.1, 0.15) is 0 Å². The van der Waals surface area contributed by atoms with E-state index in [4.69, 9.17) is 11.6 Å². The normalized spacial score (nSPS) is 10.8. The minimum atomic E-state index is 0.306. The van der Waals surface area contributed by atoms with Crippen LogP contribution in [-0.4, -0.2) is 19.9 Å². The number of hydrogen-bond donors (Lipinski definition) is 1. The smallest absolute Gasteiger partial charge is 0.203 e. The van der Waals surface area contributed by atoms with Crippen LogP contribution in [0.3, 0.4) is 0 Å². The zero-order chi connectivity index (χ0) is 11.0. The Bertz CT molecular complexity index is 633. The van der Waals surface area contributed by atoms with Gasteiger partial charge in [-0.2, -0.15) is 4.98 Å². The molecule has 0 amide bonds. The van der Waals surface area contributed by atoms with Crippen molar-refractivity contribution in [3.63, 3.8) is 0 Å². The molecule has 5 heteroatoms. The Kier molecular flexibility index (Phi) is 2.08. The van der Waals surface area contributed by atoms with Crippen molar-refractivity contribution in [2.75, 3.05) is 0 Å². The first-order valence-electron chi connectivity index (χ1n) is 4.76. The molecule has 3 rings (SSSR count). The number of aromatic nitrogens is 4. The van der Waals surface area contributed by atoms with Gasteiger partial charge in [-0.05, 0) is 11.6 Å². The molecule has 0 radical (unpaired) electrons. The van der Waals surface area contributed by atoms with Gasteiger partial charge in [-0.25, -0.2) is 9.97 Å². The van der Waals surface area contributed by atoms with Crippen LogP contribution in [0.25, 0.3) is 22.6 Å². The Morgan fingerprint density at radius 1 is 1.06 bits per heavy atom. The third kappa shape index (κ3) is 1.53. The largest absolute Gasteiger partial charge is 0.312 e. The molecule has 0 fully saturated rings. The highest BCUT2D eigenvalue weighted by atomic mass is 35.5. The maximum absolute atomic E-state index is 5.73. The van der Waals surface area contributed by atoms with E-state index >= 15 is 0 Å². The Morgan fingerprint density at radius 2 is 1.88 bits per heavy atom. The highest BCUT2D eigenvalue weighted by molar-refractivity contribution is 6.28. The molecular weight excluding hydrogens is 224 g/mol. The van der Waals surface area contributed by atoms with Crippen LogP contribution in [0.5, 0.6) is 0 Å². The van der Waals surface area contributed by atoms with Crippen molar-refractivity contribution >= 4 is 22.9 Å². The zero-order valence-electron chi connectivity index (χ0n) is 8.18. The van der Waals surface area contributed by atoms with Crippen molar-refractivity contribution in [2.24, 2.45) is 0 Å². The summed E-state index contributed by atoms with van der Waals surface area (Å²) in [4.78, 5) is 15.4. The van der Waals surface area contributed by atoms with Gasteiger partial charge in [0.05, 0.1) is 11.9 Å². The average molecular weight is 231 g/mol. The minimum absolute atomic E-state index is 0.306. The lowest BCUT2D eigenvalue weighted by Crippen LogP contribution is -1.87. The number of nitrogens with zero attached hydrogens (tertiary/aromatic N) is 3. The van der Waals surface area contributed by atoms with Gasteiger partial charge < -0.3 is 4.98 Å². The summed E-state index contributed by atoms with van der Waals surface area (Å²) in [6, 6.07) is 9.83. The van der Waals surface area contributed by atoms with E-state index in [0.29, 0.717) is 16.6 Å². The number of imidazole rings is 1. The van der Waals surface area contributed by atoms with Crippen molar-refractivity contribution < 1.29 is 0 Å². The monoisotopic (exact) mass is 230 g/mol. The fraction of sp³-hybridized carbons (Fsp3) is 0. The van der Waals surface area contributed by atoms with Crippen molar-refractivity contribution in [1.29, 1.82) is 0 Å². The first kappa shape index (κ1) is 9.30. The van der Waals surface area contributed by atoms with Gasteiger partial charge in [0.2, 0.25) is 5.28 Å². The van der Waals surface area contributed by atoms with Gasteiger partial charge in [0, 0.05) is 5.56 Å². The van der Waals surface area contributed by atoms with E-state index in [1.54, 1.807) is 6.20 Å². The Morgan fingerprint density at radius 3 is 2.69 bits per heavy atom. The average Bonchev–Trinajstić information content (AvgIpc) is 2.69. The van der Waals surface area contributed by atoms with E-state index in [2.05, 4.69) is 19.9 Å². The highest BCUT2D eigenvalue weighted by Crippen LogP contribution is 2.18. The van der Waals surface area contributed by atoms with Crippen molar-refractivity contribution in [1.82, 2.24) is 19.9 Å². The maximum Gasteiger partial charge on any atom is 0.203 e. The van der Waals surface area contributed by atoms with Crippen LogP contribution >= 0.6 is 11.6 Å². The van der Waals surface area contributed by atoms with Crippen LogP contribution in [0.2, 0.25) is 5.28 Å². The van der Waals surface area contributed by atoms with Gasteiger partial charge in [-0.15, -0.1) is 0 Å². The first-order chi connectivity index (χ1) is 7.83. The van der Waals surface area contributed by atoms with Gasteiger partial charge in [0.1, 0.15) is 0 Å². The van der Waals surface area contributed by atoms with Crippen molar-refractivity contribution in [3.8, 4) is 11.3 Å². The third-order valence-corrected chi connectivity index (χ3v) is 2.43. The molecule has 1 aromatic carbocycles. The predicted molar refractivity (Wildman–Crippen MR) is 62.1 cm³/mol. The van der Waals surface area contributed by atoms with E-state index < -0.39 is 0 Å². The molecule has 4 nitrogen and oxygen atoms in total. The standard InChI is InChI=1S/C11H7ClN4/c12-11-15-9-10(16-11)14-8(6-13-9)7-4-2-1-3-5-7/h1-6H,(H,13,14,15,16). The van der Waals surface area contributed by atoms with Gasteiger partial charge in [0.15, 0.2) is 11.3 Å². The van der Waals surface area contributed by atoms with E-state index in [9.17, 15) is 0 Å². The number of H-pyrrole nitrogens is 1. The molecule has 0 saturated carbocycles. The quantitative estimate of drug-likeness (QED) is 0.699. The third-order valence-electron chi connectivity index (χ3n) is 2.25. The molecule has 16 heavy (non-hydrogen) atoms.